The number of carbonyl (C=O) groups is 1. The van der Waals surface area contributed by atoms with Crippen LogP contribution >= 0.6 is 0 Å². The number of unbranched alkanes of at least 4 members (excludes halogenated alkanes) is 1. The Morgan fingerprint density at radius 1 is 1.27 bits per heavy atom. The lowest BCUT2D eigenvalue weighted by Gasteiger charge is -2.04. The molecule has 0 atom stereocenters. The van der Waals surface area contributed by atoms with Crippen LogP contribution in [0.25, 0.3) is 0 Å². The van der Waals surface area contributed by atoms with Gasteiger partial charge in [-0.05, 0) is 31.0 Å². The summed E-state index contributed by atoms with van der Waals surface area (Å²) < 4.78 is 26.4. The van der Waals surface area contributed by atoms with Crippen LogP contribution < -0.4 is 0 Å². The predicted molar refractivity (Wildman–Crippen MR) is 55.0 cm³/mol. The predicted octanol–water partition coefficient (Wildman–Crippen LogP) is 3.65. The summed E-state index contributed by atoms with van der Waals surface area (Å²) in [6, 6.07) is 2.05. The second-order valence-corrected chi connectivity index (χ2v) is 3.61. The van der Waals surface area contributed by atoms with E-state index in [1.54, 1.807) is 0 Å². The topological polar surface area (TPSA) is 17.1 Å². The van der Waals surface area contributed by atoms with Crippen LogP contribution in [-0.4, -0.2) is 5.78 Å². The van der Waals surface area contributed by atoms with Crippen LogP contribution in [0.1, 0.15) is 42.1 Å². The van der Waals surface area contributed by atoms with Gasteiger partial charge in [0, 0.05) is 6.42 Å². The standard InChI is InChI=1S/C12H14F2O/c1-3-4-5-12(15)9-7-10(13)8(2)6-11(9)14/h6-7H,3-5H2,1-2H3. The number of halogens is 2. The number of hydrogen-bond donors (Lipinski definition) is 0. The van der Waals surface area contributed by atoms with Crippen molar-refractivity contribution in [2.75, 3.05) is 0 Å². The Morgan fingerprint density at radius 3 is 2.53 bits per heavy atom. The van der Waals surface area contributed by atoms with Gasteiger partial charge >= 0.3 is 0 Å². The molecule has 0 fully saturated rings. The van der Waals surface area contributed by atoms with E-state index in [1.165, 1.54) is 6.92 Å². The molecular formula is C12H14F2O. The van der Waals surface area contributed by atoms with Crippen molar-refractivity contribution in [1.82, 2.24) is 0 Å². The molecule has 0 N–H and O–H groups in total. The average molecular weight is 212 g/mol. The van der Waals surface area contributed by atoms with Gasteiger partial charge in [0.05, 0.1) is 5.56 Å². The van der Waals surface area contributed by atoms with E-state index in [0.717, 1.165) is 18.6 Å². The Balaban J connectivity index is 2.94. The minimum Gasteiger partial charge on any atom is -0.294 e. The maximum Gasteiger partial charge on any atom is 0.165 e. The lowest BCUT2D eigenvalue weighted by Crippen LogP contribution is -2.04. The summed E-state index contributed by atoms with van der Waals surface area (Å²) in [5.74, 6) is -1.49. The van der Waals surface area contributed by atoms with E-state index in [2.05, 4.69) is 0 Å². The Hall–Kier alpha value is -1.25. The van der Waals surface area contributed by atoms with Crippen LogP contribution in [0.2, 0.25) is 0 Å². The van der Waals surface area contributed by atoms with Gasteiger partial charge in [-0.1, -0.05) is 13.3 Å². The molecule has 0 aliphatic heterocycles. The van der Waals surface area contributed by atoms with Gasteiger partial charge in [-0.25, -0.2) is 8.78 Å². The number of carbonyl (C=O) groups excluding carboxylic acids is 1. The van der Waals surface area contributed by atoms with Crippen molar-refractivity contribution >= 4 is 5.78 Å². The van der Waals surface area contributed by atoms with E-state index in [1.807, 2.05) is 6.92 Å². The molecule has 0 amide bonds. The third-order valence-corrected chi connectivity index (χ3v) is 2.31. The van der Waals surface area contributed by atoms with E-state index in [0.29, 0.717) is 6.42 Å². The maximum atomic E-state index is 13.3. The molecule has 0 saturated carbocycles. The molecule has 1 aromatic carbocycles. The monoisotopic (exact) mass is 212 g/mol. The van der Waals surface area contributed by atoms with Crippen LogP contribution in [0.3, 0.4) is 0 Å². The second-order valence-electron chi connectivity index (χ2n) is 3.61. The molecule has 0 unspecified atom stereocenters. The van der Waals surface area contributed by atoms with E-state index >= 15 is 0 Å². The fraction of sp³-hybridized carbons (Fsp3) is 0.417. The minimum absolute atomic E-state index is 0.133. The van der Waals surface area contributed by atoms with E-state index in [-0.39, 0.29) is 23.3 Å². The zero-order valence-corrected chi connectivity index (χ0v) is 8.94. The summed E-state index contributed by atoms with van der Waals surface area (Å²) in [5.41, 5.74) is 0.0890. The van der Waals surface area contributed by atoms with Crippen LogP contribution in [0.15, 0.2) is 12.1 Å². The van der Waals surface area contributed by atoms with Crippen molar-refractivity contribution in [2.24, 2.45) is 0 Å². The maximum absolute atomic E-state index is 13.3. The summed E-state index contributed by atoms with van der Waals surface area (Å²) in [7, 11) is 0. The smallest absolute Gasteiger partial charge is 0.165 e. The van der Waals surface area contributed by atoms with Crippen LogP contribution in [0, 0.1) is 18.6 Å². The lowest BCUT2D eigenvalue weighted by molar-refractivity contribution is 0.0975. The fourth-order valence-corrected chi connectivity index (χ4v) is 1.33. The molecular weight excluding hydrogens is 198 g/mol. The zero-order chi connectivity index (χ0) is 11.4. The molecule has 0 aromatic heterocycles. The van der Waals surface area contributed by atoms with E-state index in [4.69, 9.17) is 0 Å². The average Bonchev–Trinajstić information content (AvgIpc) is 2.20. The normalized spacial score (nSPS) is 10.4. The van der Waals surface area contributed by atoms with Gasteiger partial charge in [-0.3, -0.25) is 4.79 Å². The number of Topliss-reactive ketones (excluding diaryl/α,β-unsaturated/α-hetero) is 1. The first-order valence-corrected chi connectivity index (χ1v) is 5.05. The summed E-state index contributed by atoms with van der Waals surface area (Å²) in [5, 5.41) is 0. The first kappa shape index (κ1) is 11.8. The summed E-state index contributed by atoms with van der Waals surface area (Å²) >= 11 is 0. The molecule has 0 aliphatic rings. The first-order valence-electron chi connectivity index (χ1n) is 5.05. The SMILES string of the molecule is CCCCC(=O)c1cc(F)c(C)cc1F. The Labute approximate surface area is 88.1 Å². The van der Waals surface area contributed by atoms with Crippen molar-refractivity contribution in [3.05, 3.63) is 34.9 Å². The first-order chi connectivity index (χ1) is 7.06. The number of hydrogen-bond acceptors (Lipinski definition) is 1. The van der Waals surface area contributed by atoms with Gasteiger partial charge in [0.2, 0.25) is 0 Å². The number of benzene rings is 1. The quantitative estimate of drug-likeness (QED) is 0.696. The summed E-state index contributed by atoms with van der Waals surface area (Å²) in [4.78, 5) is 11.5. The molecule has 0 radical (unpaired) electrons. The molecule has 1 rings (SSSR count). The summed E-state index contributed by atoms with van der Waals surface area (Å²) in [6.07, 6.45) is 1.84. The van der Waals surface area contributed by atoms with Gasteiger partial charge in [0.1, 0.15) is 11.6 Å². The number of ketones is 1. The summed E-state index contributed by atoms with van der Waals surface area (Å²) in [6.45, 7) is 3.41. The third-order valence-electron chi connectivity index (χ3n) is 2.31. The van der Waals surface area contributed by atoms with E-state index < -0.39 is 11.6 Å². The number of rotatable bonds is 4. The Morgan fingerprint density at radius 2 is 1.93 bits per heavy atom. The lowest BCUT2D eigenvalue weighted by atomic mass is 10.0. The van der Waals surface area contributed by atoms with Crippen LogP contribution in [0.4, 0.5) is 8.78 Å². The highest BCUT2D eigenvalue weighted by atomic mass is 19.1. The molecule has 1 nitrogen and oxygen atoms in total. The van der Waals surface area contributed by atoms with Crippen molar-refractivity contribution in [1.29, 1.82) is 0 Å². The zero-order valence-electron chi connectivity index (χ0n) is 8.94. The van der Waals surface area contributed by atoms with Crippen molar-refractivity contribution in [2.45, 2.75) is 33.1 Å². The minimum atomic E-state index is -0.630. The van der Waals surface area contributed by atoms with Crippen LogP contribution in [0.5, 0.6) is 0 Å². The molecule has 0 spiro atoms. The molecule has 15 heavy (non-hydrogen) atoms. The largest absolute Gasteiger partial charge is 0.294 e. The Bertz CT molecular complexity index is 372. The molecule has 0 saturated heterocycles. The van der Waals surface area contributed by atoms with E-state index in [9.17, 15) is 13.6 Å². The van der Waals surface area contributed by atoms with Gasteiger partial charge < -0.3 is 0 Å². The second kappa shape index (κ2) is 5.01. The van der Waals surface area contributed by atoms with Gasteiger partial charge in [-0.15, -0.1) is 0 Å². The van der Waals surface area contributed by atoms with Crippen molar-refractivity contribution in [3.63, 3.8) is 0 Å². The highest BCUT2D eigenvalue weighted by molar-refractivity contribution is 5.96. The molecule has 0 aliphatic carbocycles. The van der Waals surface area contributed by atoms with Gasteiger partial charge in [-0.2, -0.15) is 0 Å². The third kappa shape index (κ3) is 2.85. The Kier molecular flexibility index (Phi) is 3.95. The highest BCUT2D eigenvalue weighted by Crippen LogP contribution is 2.16. The fourth-order valence-electron chi connectivity index (χ4n) is 1.33. The molecule has 82 valence electrons. The van der Waals surface area contributed by atoms with Crippen LogP contribution in [-0.2, 0) is 0 Å². The molecule has 3 heteroatoms. The van der Waals surface area contributed by atoms with Crippen molar-refractivity contribution in [3.8, 4) is 0 Å². The highest BCUT2D eigenvalue weighted by Gasteiger charge is 2.13. The van der Waals surface area contributed by atoms with Gasteiger partial charge in [0.15, 0.2) is 5.78 Å². The van der Waals surface area contributed by atoms with Crippen molar-refractivity contribution < 1.29 is 13.6 Å². The molecule has 0 bridgehead atoms. The van der Waals surface area contributed by atoms with Gasteiger partial charge in [0.25, 0.3) is 0 Å². The molecule has 0 heterocycles. The molecule has 1 aromatic rings. The number of aryl methyl sites for hydroxylation is 1.